The number of carbonyl (C=O) groups is 1. The van der Waals surface area contributed by atoms with Gasteiger partial charge in [0.25, 0.3) is 0 Å². The molecule has 1 aliphatic heterocycles. The van der Waals surface area contributed by atoms with Crippen molar-refractivity contribution in [3.63, 3.8) is 0 Å². The Kier molecular flexibility index (Phi) is 3.40. The molecule has 0 unspecified atom stereocenters. The highest BCUT2D eigenvalue weighted by molar-refractivity contribution is 5.94. The van der Waals surface area contributed by atoms with Gasteiger partial charge in [0.05, 0.1) is 0 Å². The molecule has 0 saturated carbocycles. The van der Waals surface area contributed by atoms with Gasteiger partial charge in [0.2, 0.25) is 0 Å². The van der Waals surface area contributed by atoms with Gasteiger partial charge in [-0.05, 0) is 44.6 Å². The first-order valence-corrected chi connectivity index (χ1v) is 7.00. The zero-order valence-corrected chi connectivity index (χ0v) is 11.5. The Bertz CT molecular complexity index is 629. The van der Waals surface area contributed by atoms with Crippen LogP contribution in [-0.2, 0) is 0 Å². The smallest absolute Gasteiger partial charge is 0.339 e. The molecule has 3 rings (SSSR count). The molecule has 6 heteroatoms. The fraction of sp³-hybridized carbons (Fsp3) is 0.500. The highest BCUT2D eigenvalue weighted by atomic mass is 16.4. The number of likely N-dealkylation sites (tertiary alicyclic amines) is 1. The summed E-state index contributed by atoms with van der Waals surface area (Å²) >= 11 is 0. The van der Waals surface area contributed by atoms with Gasteiger partial charge in [0.15, 0.2) is 11.5 Å². The van der Waals surface area contributed by atoms with Crippen LogP contribution in [0.3, 0.4) is 0 Å². The van der Waals surface area contributed by atoms with Gasteiger partial charge < -0.3 is 10.0 Å². The lowest BCUT2D eigenvalue weighted by molar-refractivity contribution is 0.0698. The number of hydrogen-bond acceptors (Lipinski definition) is 4. The van der Waals surface area contributed by atoms with E-state index in [0.29, 0.717) is 11.6 Å². The number of aromatic nitrogens is 3. The second-order valence-corrected chi connectivity index (χ2v) is 5.17. The van der Waals surface area contributed by atoms with Gasteiger partial charge in [0.1, 0.15) is 5.56 Å². The van der Waals surface area contributed by atoms with Crippen LogP contribution in [0.4, 0.5) is 0 Å². The molecule has 6 nitrogen and oxygen atoms in total. The molecule has 2 aromatic heterocycles. The fourth-order valence-electron chi connectivity index (χ4n) is 2.77. The topological polar surface area (TPSA) is 70.7 Å². The Morgan fingerprint density at radius 3 is 2.85 bits per heavy atom. The molecule has 0 atom stereocenters. The Morgan fingerprint density at radius 1 is 1.45 bits per heavy atom. The molecule has 0 radical (unpaired) electrons. The van der Waals surface area contributed by atoms with E-state index in [9.17, 15) is 9.90 Å². The molecule has 0 spiro atoms. The summed E-state index contributed by atoms with van der Waals surface area (Å²) < 4.78 is 1.57. The molecule has 1 fully saturated rings. The first kappa shape index (κ1) is 13.1. The molecule has 0 aromatic carbocycles. The summed E-state index contributed by atoms with van der Waals surface area (Å²) in [5.74, 6) is 0.143. The van der Waals surface area contributed by atoms with E-state index in [-0.39, 0.29) is 5.56 Å². The van der Waals surface area contributed by atoms with E-state index < -0.39 is 5.97 Å². The number of rotatable bonds is 3. The standard InChI is InChI=1S/C14H18N4O2/c1-2-17-8-5-10(6-9-17)12-15-13-11(14(19)20)4-3-7-18(13)16-12/h3-4,7,10H,2,5-6,8-9H2,1H3,(H,19,20). The minimum absolute atomic E-state index is 0.206. The number of nitrogens with zero attached hydrogens (tertiary/aromatic N) is 4. The van der Waals surface area contributed by atoms with E-state index in [0.717, 1.165) is 38.3 Å². The highest BCUT2D eigenvalue weighted by Gasteiger charge is 2.24. The summed E-state index contributed by atoms with van der Waals surface area (Å²) in [5, 5.41) is 13.6. The Labute approximate surface area is 117 Å². The van der Waals surface area contributed by atoms with Crippen LogP contribution in [0.15, 0.2) is 18.3 Å². The minimum Gasteiger partial charge on any atom is -0.478 e. The maximum Gasteiger partial charge on any atom is 0.339 e. The van der Waals surface area contributed by atoms with Gasteiger partial charge >= 0.3 is 5.97 Å². The van der Waals surface area contributed by atoms with Gasteiger partial charge in [-0.2, -0.15) is 5.10 Å². The first-order chi connectivity index (χ1) is 9.69. The number of aromatic carboxylic acids is 1. The van der Waals surface area contributed by atoms with Crippen molar-refractivity contribution < 1.29 is 9.90 Å². The molecule has 20 heavy (non-hydrogen) atoms. The van der Waals surface area contributed by atoms with Crippen molar-refractivity contribution in [1.29, 1.82) is 0 Å². The molecule has 2 aromatic rings. The molecule has 0 aliphatic carbocycles. The maximum atomic E-state index is 11.2. The normalized spacial score (nSPS) is 17.6. The van der Waals surface area contributed by atoms with Gasteiger partial charge in [-0.25, -0.2) is 14.3 Å². The van der Waals surface area contributed by atoms with Crippen LogP contribution in [0.25, 0.3) is 5.65 Å². The quantitative estimate of drug-likeness (QED) is 0.921. The molecule has 1 aliphatic rings. The lowest BCUT2D eigenvalue weighted by atomic mass is 9.96. The number of carboxylic acid groups (broad SMARTS) is 1. The Balaban J connectivity index is 1.90. The van der Waals surface area contributed by atoms with Crippen molar-refractivity contribution in [2.24, 2.45) is 0 Å². The summed E-state index contributed by atoms with van der Waals surface area (Å²) in [6.07, 6.45) is 3.82. The molecule has 3 heterocycles. The Hall–Kier alpha value is -1.95. The first-order valence-electron chi connectivity index (χ1n) is 7.00. The van der Waals surface area contributed by atoms with Crippen molar-refractivity contribution in [3.8, 4) is 0 Å². The molecular weight excluding hydrogens is 256 g/mol. The monoisotopic (exact) mass is 274 g/mol. The van der Waals surface area contributed by atoms with Gasteiger partial charge in [-0.15, -0.1) is 0 Å². The third-order valence-electron chi connectivity index (χ3n) is 4.01. The molecule has 1 saturated heterocycles. The summed E-state index contributed by atoms with van der Waals surface area (Å²) in [6.45, 7) is 5.36. The van der Waals surface area contributed by atoms with Crippen LogP contribution in [-0.4, -0.2) is 50.2 Å². The Morgan fingerprint density at radius 2 is 2.20 bits per heavy atom. The second-order valence-electron chi connectivity index (χ2n) is 5.17. The molecule has 106 valence electrons. The van der Waals surface area contributed by atoms with Crippen molar-refractivity contribution in [3.05, 3.63) is 29.7 Å². The van der Waals surface area contributed by atoms with Crippen molar-refractivity contribution >= 4 is 11.6 Å². The zero-order valence-electron chi connectivity index (χ0n) is 11.5. The second kappa shape index (κ2) is 5.20. The number of piperidine rings is 1. The number of hydrogen-bond donors (Lipinski definition) is 1. The predicted molar refractivity (Wildman–Crippen MR) is 74.0 cm³/mol. The minimum atomic E-state index is -0.963. The van der Waals surface area contributed by atoms with E-state index in [1.807, 2.05) is 0 Å². The van der Waals surface area contributed by atoms with Crippen LogP contribution >= 0.6 is 0 Å². The third kappa shape index (κ3) is 2.27. The largest absolute Gasteiger partial charge is 0.478 e. The average Bonchev–Trinajstić information content (AvgIpc) is 2.90. The fourth-order valence-corrected chi connectivity index (χ4v) is 2.77. The van der Waals surface area contributed by atoms with E-state index >= 15 is 0 Å². The third-order valence-corrected chi connectivity index (χ3v) is 4.01. The zero-order chi connectivity index (χ0) is 14.1. The van der Waals surface area contributed by atoms with Crippen LogP contribution in [0.2, 0.25) is 0 Å². The highest BCUT2D eigenvalue weighted by Crippen LogP contribution is 2.26. The van der Waals surface area contributed by atoms with Gasteiger partial charge in [0, 0.05) is 12.1 Å². The molecular formula is C14H18N4O2. The van der Waals surface area contributed by atoms with Crippen molar-refractivity contribution in [1.82, 2.24) is 19.5 Å². The number of pyridine rings is 1. The number of fused-ring (bicyclic) bond motifs is 1. The lowest BCUT2D eigenvalue weighted by Crippen LogP contribution is -2.32. The summed E-state index contributed by atoms with van der Waals surface area (Å²) in [6, 6.07) is 3.25. The van der Waals surface area contributed by atoms with Crippen LogP contribution in [0.1, 0.15) is 41.9 Å². The summed E-state index contributed by atoms with van der Waals surface area (Å²) in [5.41, 5.74) is 0.644. The van der Waals surface area contributed by atoms with Crippen LogP contribution < -0.4 is 0 Å². The van der Waals surface area contributed by atoms with E-state index in [1.165, 1.54) is 0 Å². The summed E-state index contributed by atoms with van der Waals surface area (Å²) in [7, 11) is 0. The SMILES string of the molecule is CCN1CCC(c2nc3c(C(=O)O)cccn3n2)CC1. The average molecular weight is 274 g/mol. The van der Waals surface area contributed by atoms with Gasteiger partial charge in [-0.3, -0.25) is 0 Å². The van der Waals surface area contributed by atoms with E-state index in [1.54, 1.807) is 22.8 Å². The van der Waals surface area contributed by atoms with E-state index in [4.69, 9.17) is 0 Å². The summed E-state index contributed by atoms with van der Waals surface area (Å²) in [4.78, 5) is 18.1. The number of carboxylic acids is 1. The predicted octanol–water partition coefficient (Wildman–Crippen LogP) is 1.63. The lowest BCUT2D eigenvalue weighted by Gasteiger charge is -2.29. The van der Waals surface area contributed by atoms with Crippen molar-refractivity contribution in [2.75, 3.05) is 19.6 Å². The van der Waals surface area contributed by atoms with E-state index in [2.05, 4.69) is 21.9 Å². The van der Waals surface area contributed by atoms with Crippen LogP contribution in [0, 0.1) is 0 Å². The van der Waals surface area contributed by atoms with Gasteiger partial charge in [-0.1, -0.05) is 6.92 Å². The maximum absolute atomic E-state index is 11.2. The van der Waals surface area contributed by atoms with Crippen LogP contribution in [0.5, 0.6) is 0 Å². The molecule has 0 amide bonds. The van der Waals surface area contributed by atoms with Crippen molar-refractivity contribution in [2.45, 2.75) is 25.7 Å². The molecule has 0 bridgehead atoms. The molecule has 1 N–H and O–H groups in total.